The zero-order chi connectivity index (χ0) is 21.8. The van der Waals surface area contributed by atoms with Crippen LogP contribution in [0.1, 0.15) is 48.7 Å². The van der Waals surface area contributed by atoms with Crippen LogP contribution < -0.4 is 5.32 Å². The molecule has 31 heavy (non-hydrogen) atoms. The van der Waals surface area contributed by atoms with Gasteiger partial charge in [0.1, 0.15) is 5.82 Å². The molecular formula is C26H25ClFNO2. The third kappa shape index (κ3) is 5.52. The number of nitrogens with one attached hydrogen (secondary N) is 1. The molecule has 4 rings (SSSR count). The van der Waals surface area contributed by atoms with Gasteiger partial charge in [0.25, 0.3) is 0 Å². The summed E-state index contributed by atoms with van der Waals surface area (Å²) in [5.74, 6) is -0.340. The normalized spacial score (nSPS) is 23.3. The summed E-state index contributed by atoms with van der Waals surface area (Å²) in [7, 11) is 0. The molecule has 1 aliphatic heterocycles. The molecule has 160 valence electrons. The second-order valence-corrected chi connectivity index (χ2v) is 8.84. The summed E-state index contributed by atoms with van der Waals surface area (Å²) in [6, 6.07) is 23.7. The van der Waals surface area contributed by atoms with E-state index in [2.05, 4.69) is 5.32 Å². The molecule has 0 unspecified atom stereocenters. The molecule has 3 aromatic rings. The molecule has 5 heteroatoms. The maximum Gasteiger partial charge on any atom is 0.224 e. The van der Waals surface area contributed by atoms with Crippen molar-refractivity contribution in [3.63, 3.8) is 0 Å². The van der Waals surface area contributed by atoms with Gasteiger partial charge in [0.15, 0.2) is 0 Å². The van der Waals surface area contributed by atoms with Crippen molar-refractivity contribution in [2.45, 2.75) is 43.9 Å². The lowest BCUT2D eigenvalue weighted by Gasteiger charge is -2.43. The summed E-state index contributed by atoms with van der Waals surface area (Å²) >= 11 is 6.05. The van der Waals surface area contributed by atoms with E-state index in [1.165, 1.54) is 12.1 Å². The van der Waals surface area contributed by atoms with E-state index in [1.54, 1.807) is 6.07 Å². The number of hydrogen-bond donors (Lipinski definition) is 1. The van der Waals surface area contributed by atoms with Crippen LogP contribution in [-0.2, 0) is 16.0 Å². The van der Waals surface area contributed by atoms with Crippen molar-refractivity contribution in [1.29, 1.82) is 0 Å². The van der Waals surface area contributed by atoms with Gasteiger partial charge < -0.3 is 10.1 Å². The molecule has 0 aromatic heterocycles. The predicted molar refractivity (Wildman–Crippen MR) is 120 cm³/mol. The molecule has 0 radical (unpaired) electrons. The van der Waals surface area contributed by atoms with Gasteiger partial charge in [-0.05, 0) is 47.9 Å². The minimum Gasteiger partial charge on any atom is -0.365 e. The lowest BCUT2D eigenvalue weighted by Crippen LogP contribution is -2.51. The first kappa shape index (κ1) is 21.5. The average Bonchev–Trinajstić information content (AvgIpc) is 2.74. The van der Waals surface area contributed by atoms with Crippen molar-refractivity contribution in [3.8, 4) is 0 Å². The number of carbonyl (C=O) groups excluding carboxylic acids is 1. The van der Waals surface area contributed by atoms with Gasteiger partial charge in [0.2, 0.25) is 5.91 Å². The zero-order valence-corrected chi connectivity index (χ0v) is 18.1. The molecule has 1 amide bonds. The van der Waals surface area contributed by atoms with E-state index in [0.717, 1.165) is 16.7 Å². The van der Waals surface area contributed by atoms with Crippen molar-refractivity contribution < 1.29 is 13.9 Å². The van der Waals surface area contributed by atoms with Crippen molar-refractivity contribution in [2.75, 3.05) is 0 Å². The standard InChI is InChI=1S/C26H25ClFNO2/c1-26(29-25(30)14-18-6-3-2-4-7-18)16-23(19-10-12-21(27)13-11-19)31-24(17-26)20-8-5-9-22(28)15-20/h2-13,15,23-24H,14,16-17H2,1H3,(H,29,30)/t23-,24+,26-/m0/s1. The van der Waals surface area contributed by atoms with Crippen LogP contribution >= 0.6 is 11.6 Å². The fraction of sp³-hybridized carbons (Fsp3) is 0.269. The minimum absolute atomic E-state index is 0.0385. The smallest absolute Gasteiger partial charge is 0.224 e. The van der Waals surface area contributed by atoms with E-state index in [0.29, 0.717) is 24.3 Å². The summed E-state index contributed by atoms with van der Waals surface area (Å²) < 4.78 is 20.3. The topological polar surface area (TPSA) is 38.3 Å². The van der Waals surface area contributed by atoms with Crippen molar-refractivity contribution in [1.82, 2.24) is 5.32 Å². The first-order valence-electron chi connectivity index (χ1n) is 10.4. The van der Waals surface area contributed by atoms with Crippen LogP contribution in [0.3, 0.4) is 0 Å². The molecular weight excluding hydrogens is 413 g/mol. The number of amides is 1. The summed E-state index contributed by atoms with van der Waals surface area (Å²) in [4.78, 5) is 12.8. The molecule has 1 heterocycles. The number of rotatable bonds is 5. The molecule has 3 nitrogen and oxygen atoms in total. The van der Waals surface area contributed by atoms with Gasteiger partial charge in [-0.1, -0.05) is 66.2 Å². The van der Waals surface area contributed by atoms with Crippen LogP contribution in [-0.4, -0.2) is 11.4 Å². The van der Waals surface area contributed by atoms with Gasteiger partial charge in [0, 0.05) is 23.4 Å². The van der Waals surface area contributed by atoms with Crippen molar-refractivity contribution in [2.24, 2.45) is 0 Å². The largest absolute Gasteiger partial charge is 0.365 e. The monoisotopic (exact) mass is 437 g/mol. The van der Waals surface area contributed by atoms with E-state index in [4.69, 9.17) is 16.3 Å². The third-order valence-corrected chi connectivity index (χ3v) is 5.96. The highest BCUT2D eigenvalue weighted by molar-refractivity contribution is 6.30. The van der Waals surface area contributed by atoms with Crippen molar-refractivity contribution in [3.05, 3.63) is 106 Å². The Morgan fingerprint density at radius 3 is 2.35 bits per heavy atom. The minimum atomic E-state index is -0.509. The van der Waals surface area contributed by atoms with E-state index >= 15 is 0 Å². The Labute approximate surface area is 187 Å². The molecule has 3 atom stereocenters. The number of halogens is 2. The second-order valence-electron chi connectivity index (χ2n) is 8.40. The third-order valence-electron chi connectivity index (χ3n) is 5.71. The van der Waals surface area contributed by atoms with Gasteiger partial charge in [-0.25, -0.2) is 4.39 Å². The SMILES string of the molecule is C[C@]1(NC(=O)Cc2ccccc2)C[C@@H](c2ccc(Cl)cc2)O[C@@H](c2cccc(F)c2)C1. The quantitative estimate of drug-likeness (QED) is 0.516. The lowest BCUT2D eigenvalue weighted by atomic mass is 9.81. The Hall–Kier alpha value is -2.69. The molecule has 0 saturated carbocycles. The Morgan fingerprint density at radius 1 is 1.00 bits per heavy atom. The number of ether oxygens (including phenoxy) is 1. The number of benzene rings is 3. The summed E-state index contributed by atoms with van der Waals surface area (Å²) in [5.41, 5.74) is 2.20. The van der Waals surface area contributed by atoms with Crippen LogP contribution in [0.2, 0.25) is 5.02 Å². The maximum atomic E-state index is 13.9. The predicted octanol–water partition coefficient (Wildman–Crippen LogP) is 6.19. The Morgan fingerprint density at radius 2 is 1.68 bits per heavy atom. The first-order chi connectivity index (χ1) is 14.9. The average molecular weight is 438 g/mol. The van der Waals surface area contributed by atoms with Gasteiger partial charge in [-0.15, -0.1) is 0 Å². The molecule has 1 saturated heterocycles. The van der Waals surface area contributed by atoms with Gasteiger partial charge in [-0.3, -0.25) is 4.79 Å². The molecule has 0 spiro atoms. The van der Waals surface area contributed by atoms with Crippen LogP contribution in [0.15, 0.2) is 78.9 Å². The molecule has 1 fully saturated rings. The van der Waals surface area contributed by atoms with Gasteiger partial charge in [0.05, 0.1) is 18.6 Å². The Bertz CT molecular complexity index is 1040. The van der Waals surface area contributed by atoms with Crippen molar-refractivity contribution >= 4 is 17.5 Å². The fourth-order valence-corrected chi connectivity index (χ4v) is 4.36. The highest BCUT2D eigenvalue weighted by Crippen LogP contribution is 2.44. The molecule has 0 bridgehead atoms. The van der Waals surface area contributed by atoms with E-state index < -0.39 is 5.54 Å². The van der Waals surface area contributed by atoms with Crippen LogP contribution in [0.4, 0.5) is 4.39 Å². The number of carbonyl (C=O) groups is 1. The van der Waals surface area contributed by atoms with E-state index in [1.807, 2.05) is 67.6 Å². The van der Waals surface area contributed by atoms with Gasteiger partial charge in [-0.2, -0.15) is 0 Å². The second kappa shape index (κ2) is 9.21. The maximum absolute atomic E-state index is 13.9. The Kier molecular flexibility index (Phi) is 6.40. The highest BCUT2D eigenvalue weighted by Gasteiger charge is 2.40. The van der Waals surface area contributed by atoms with Crippen LogP contribution in [0.25, 0.3) is 0 Å². The van der Waals surface area contributed by atoms with E-state index in [9.17, 15) is 9.18 Å². The number of hydrogen-bond acceptors (Lipinski definition) is 2. The molecule has 1 N–H and O–H groups in total. The molecule has 3 aromatic carbocycles. The fourth-order valence-electron chi connectivity index (χ4n) is 4.24. The Balaban J connectivity index is 1.58. The summed E-state index contributed by atoms with van der Waals surface area (Å²) in [6.45, 7) is 2.04. The van der Waals surface area contributed by atoms with Crippen LogP contribution in [0.5, 0.6) is 0 Å². The van der Waals surface area contributed by atoms with Crippen LogP contribution in [0, 0.1) is 5.82 Å². The van der Waals surface area contributed by atoms with E-state index in [-0.39, 0.29) is 23.9 Å². The lowest BCUT2D eigenvalue weighted by molar-refractivity contribution is -0.128. The first-order valence-corrected chi connectivity index (χ1v) is 10.8. The summed E-state index contributed by atoms with van der Waals surface area (Å²) in [5, 5.41) is 3.88. The zero-order valence-electron chi connectivity index (χ0n) is 17.4. The highest BCUT2D eigenvalue weighted by atomic mass is 35.5. The van der Waals surface area contributed by atoms with Gasteiger partial charge >= 0.3 is 0 Å². The molecule has 0 aliphatic carbocycles. The molecule has 1 aliphatic rings. The summed E-state index contributed by atoms with van der Waals surface area (Å²) in [6.07, 6.45) is 0.892.